The number of H-pyrrole nitrogens is 1. The first-order chi connectivity index (χ1) is 10.7. The number of hydrogen-bond donors (Lipinski definition) is 3. The van der Waals surface area contributed by atoms with E-state index in [2.05, 4.69) is 20.8 Å². The summed E-state index contributed by atoms with van der Waals surface area (Å²) in [5, 5.41) is 0. The second-order valence-corrected chi connectivity index (χ2v) is 5.87. The number of hydrogen-bond acceptors (Lipinski definition) is 5. The molecule has 23 heavy (non-hydrogen) atoms. The molecular weight excluding hydrogens is 300 g/mol. The van der Waals surface area contributed by atoms with Crippen molar-refractivity contribution in [2.45, 2.75) is 32.8 Å². The second kappa shape index (κ2) is 6.47. The normalized spacial score (nSPS) is 11.1. The molecule has 8 nitrogen and oxygen atoms in total. The van der Waals surface area contributed by atoms with Crippen molar-refractivity contribution in [1.82, 2.24) is 20.8 Å². The molecule has 1 heterocycles. The summed E-state index contributed by atoms with van der Waals surface area (Å²) in [4.78, 5) is 41.9. The number of para-hydroxylation sites is 2. The Labute approximate surface area is 132 Å². The molecule has 3 N–H and O–H groups in total. The van der Waals surface area contributed by atoms with Crippen molar-refractivity contribution in [1.29, 1.82) is 0 Å². The number of hydrazine groups is 1. The predicted octanol–water partition coefficient (Wildman–Crippen LogP) is 1.06. The van der Waals surface area contributed by atoms with Crippen molar-refractivity contribution in [3.05, 3.63) is 30.1 Å². The molecule has 2 aromatic rings. The van der Waals surface area contributed by atoms with Gasteiger partial charge in [-0.2, -0.15) is 0 Å². The van der Waals surface area contributed by atoms with Crippen LogP contribution in [0.25, 0.3) is 11.0 Å². The fourth-order valence-corrected chi connectivity index (χ4v) is 1.80. The quantitative estimate of drug-likeness (QED) is 0.445. The zero-order valence-corrected chi connectivity index (χ0v) is 13.1. The summed E-state index contributed by atoms with van der Waals surface area (Å²) in [7, 11) is 0. The fraction of sp³-hybridized carbons (Fsp3) is 0.333. The van der Waals surface area contributed by atoms with E-state index in [4.69, 9.17) is 4.74 Å². The van der Waals surface area contributed by atoms with Gasteiger partial charge in [0.2, 0.25) is 5.91 Å². The highest BCUT2D eigenvalue weighted by Gasteiger charge is 2.19. The van der Waals surface area contributed by atoms with E-state index in [9.17, 15) is 14.4 Å². The van der Waals surface area contributed by atoms with E-state index in [0.29, 0.717) is 11.0 Å². The lowest BCUT2D eigenvalue weighted by Crippen LogP contribution is -2.43. The number of imidazole rings is 1. The highest BCUT2D eigenvalue weighted by Crippen LogP contribution is 2.10. The third-order valence-electron chi connectivity index (χ3n) is 2.64. The smallest absolute Gasteiger partial charge is 0.315 e. The zero-order chi connectivity index (χ0) is 17.0. The van der Waals surface area contributed by atoms with Crippen molar-refractivity contribution >= 4 is 28.8 Å². The van der Waals surface area contributed by atoms with E-state index in [1.54, 1.807) is 39.0 Å². The topological polar surface area (TPSA) is 113 Å². The lowest BCUT2D eigenvalue weighted by atomic mass is 10.2. The first-order valence-electron chi connectivity index (χ1n) is 7.00. The van der Waals surface area contributed by atoms with Crippen LogP contribution >= 0.6 is 0 Å². The standard InChI is InChI=1S/C15H18N4O4/c1-15(2,3)23-12(21)8-11(20)18-19-14(22)13-16-9-6-4-5-7-10(9)17-13/h4-7H,8H2,1-3H3,(H,16,17)(H,18,20)(H,19,22). The van der Waals surface area contributed by atoms with Gasteiger partial charge in [-0.1, -0.05) is 12.1 Å². The number of aromatic nitrogens is 2. The van der Waals surface area contributed by atoms with Crippen LogP contribution in [0.3, 0.4) is 0 Å². The Morgan fingerprint density at radius 1 is 1.17 bits per heavy atom. The zero-order valence-electron chi connectivity index (χ0n) is 13.1. The summed E-state index contributed by atoms with van der Waals surface area (Å²) in [5.74, 6) is -1.90. The molecule has 2 rings (SSSR count). The van der Waals surface area contributed by atoms with E-state index in [0.717, 1.165) is 0 Å². The number of amides is 2. The third kappa shape index (κ3) is 4.80. The molecule has 0 spiro atoms. The lowest BCUT2D eigenvalue weighted by molar-refractivity contribution is -0.156. The van der Waals surface area contributed by atoms with E-state index in [1.807, 2.05) is 6.07 Å². The van der Waals surface area contributed by atoms with Crippen molar-refractivity contribution < 1.29 is 19.1 Å². The van der Waals surface area contributed by atoms with Gasteiger partial charge in [0, 0.05) is 0 Å². The molecule has 0 aliphatic rings. The van der Waals surface area contributed by atoms with Crippen LogP contribution in [0, 0.1) is 0 Å². The summed E-state index contributed by atoms with van der Waals surface area (Å²) in [6.07, 6.45) is -0.488. The van der Waals surface area contributed by atoms with Gasteiger partial charge in [-0.3, -0.25) is 25.2 Å². The Balaban J connectivity index is 1.86. The first kappa shape index (κ1) is 16.5. The van der Waals surface area contributed by atoms with E-state index in [-0.39, 0.29) is 5.82 Å². The maximum Gasteiger partial charge on any atom is 0.315 e. The molecule has 1 aromatic carbocycles. The SMILES string of the molecule is CC(C)(C)OC(=O)CC(=O)NNC(=O)c1nc2ccccc2[nH]1. The number of nitrogens with zero attached hydrogens (tertiary/aromatic N) is 1. The summed E-state index contributed by atoms with van der Waals surface area (Å²) in [6.45, 7) is 5.10. The summed E-state index contributed by atoms with van der Waals surface area (Å²) in [6, 6.07) is 7.14. The van der Waals surface area contributed by atoms with Crippen LogP contribution in [-0.4, -0.2) is 33.4 Å². The number of carbonyl (C=O) groups is 3. The van der Waals surface area contributed by atoms with Crippen LogP contribution in [0.1, 0.15) is 37.8 Å². The van der Waals surface area contributed by atoms with E-state index >= 15 is 0 Å². The molecule has 0 unspecified atom stereocenters. The van der Waals surface area contributed by atoms with Crippen LogP contribution in [0.5, 0.6) is 0 Å². The van der Waals surface area contributed by atoms with E-state index < -0.39 is 29.8 Å². The molecule has 0 aliphatic heterocycles. The molecule has 0 atom stereocenters. The van der Waals surface area contributed by atoms with Gasteiger partial charge in [0.1, 0.15) is 12.0 Å². The molecule has 1 aromatic heterocycles. The van der Waals surface area contributed by atoms with Crippen molar-refractivity contribution in [2.75, 3.05) is 0 Å². The molecule has 8 heteroatoms. The third-order valence-corrected chi connectivity index (χ3v) is 2.64. The minimum Gasteiger partial charge on any atom is -0.460 e. The van der Waals surface area contributed by atoms with Gasteiger partial charge in [0.25, 0.3) is 0 Å². The molecular formula is C15H18N4O4. The molecule has 0 saturated carbocycles. The van der Waals surface area contributed by atoms with Gasteiger partial charge < -0.3 is 9.72 Å². The minimum absolute atomic E-state index is 0.0590. The predicted molar refractivity (Wildman–Crippen MR) is 82.2 cm³/mol. The van der Waals surface area contributed by atoms with Gasteiger partial charge in [-0.25, -0.2) is 4.98 Å². The number of benzene rings is 1. The minimum atomic E-state index is -0.677. The average molecular weight is 318 g/mol. The number of fused-ring (bicyclic) bond motifs is 1. The molecule has 122 valence electrons. The number of carbonyl (C=O) groups excluding carboxylic acids is 3. The number of rotatable bonds is 3. The van der Waals surface area contributed by atoms with Crippen molar-refractivity contribution in [3.8, 4) is 0 Å². The Morgan fingerprint density at radius 2 is 1.87 bits per heavy atom. The van der Waals surface area contributed by atoms with Gasteiger partial charge >= 0.3 is 11.9 Å². The maximum atomic E-state index is 11.9. The number of aromatic amines is 1. The molecule has 0 fully saturated rings. The van der Waals surface area contributed by atoms with Crippen molar-refractivity contribution in [3.63, 3.8) is 0 Å². The van der Waals surface area contributed by atoms with Gasteiger partial charge in [-0.15, -0.1) is 0 Å². The Bertz CT molecular complexity index is 712. The lowest BCUT2D eigenvalue weighted by Gasteiger charge is -2.19. The van der Waals surface area contributed by atoms with Crippen molar-refractivity contribution in [2.24, 2.45) is 0 Å². The fourth-order valence-electron chi connectivity index (χ4n) is 1.80. The van der Waals surface area contributed by atoms with Gasteiger partial charge in [0.05, 0.1) is 11.0 Å². The summed E-state index contributed by atoms with van der Waals surface area (Å²) >= 11 is 0. The maximum absolute atomic E-state index is 11.9. The van der Waals surface area contributed by atoms with Gasteiger partial charge in [-0.05, 0) is 32.9 Å². The number of esters is 1. The second-order valence-electron chi connectivity index (χ2n) is 5.87. The Morgan fingerprint density at radius 3 is 2.52 bits per heavy atom. The van der Waals surface area contributed by atoms with Crippen LogP contribution in [0.4, 0.5) is 0 Å². The van der Waals surface area contributed by atoms with Crippen LogP contribution in [0.15, 0.2) is 24.3 Å². The van der Waals surface area contributed by atoms with E-state index in [1.165, 1.54) is 0 Å². The molecule has 0 saturated heterocycles. The Hall–Kier alpha value is -2.90. The molecule has 0 bridgehead atoms. The van der Waals surface area contributed by atoms with Crippen LogP contribution in [0.2, 0.25) is 0 Å². The number of ether oxygens (including phenoxy) is 1. The summed E-state index contributed by atoms with van der Waals surface area (Å²) in [5.41, 5.74) is 5.00. The monoisotopic (exact) mass is 318 g/mol. The van der Waals surface area contributed by atoms with Crippen LogP contribution < -0.4 is 10.9 Å². The van der Waals surface area contributed by atoms with Crippen LogP contribution in [-0.2, 0) is 14.3 Å². The highest BCUT2D eigenvalue weighted by atomic mass is 16.6. The average Bonchev–Trinajstić information content (AvgIpc) is 2.86. The molecule has 0 aliphatic carbocycles. The largest absolute Gasteiger partial charge is 0.460 e. The highest BCUT2D eigenvalue weighted by molar-refractivity contribution is 5.98. The first-order valence-corrected chi connectivity index (χ1v) is 7.00. The van der Waals surface area contributed by atoms with Gasteiger partial charge in [0.15, 0.2) is 5.82 Å². The number of nitrogens with one attached hydrogen (secondary N) is 3. The molecule has 0 radical (unpaired) electrons. The Kier molecular flexibility index (Phi) is 4.63. The summed E-state index contributed by atoms with van der Waals surface area (Å²) < 4.78 is 5.01. The molecule has 2 amide bonds.